The van der Waals surface area contributed by atoms with Gasteiger partial charge >= 0.3 is 6.18 Å². The number of alkyl halides is 3. The zero-order valence-electron chi connectivity index (χ0n) is 13.8. The number of carbonyl (C=O) groups excluding carboxylic acids is 3. The van der Waals surface area contributed by atoms with Crippen molar-refractivity contribution >= 4 is 17.7 Å². The molecule has 2 heterocycles. The molecule has 3 rings (SSSR count). The number of piperidine rings is 1. The highest BCUT2D eigenvalue weighted by Crippen LogP contribution is 2.27. The first kappa shape index (κ1) is 18.0. The Balaban J connectivity index is 1.55. The van der Waals surface area contributed by atoms with Gasteiger partial charge < -0.3 is 15.1 Å². The molecule has 0 radical (unpaired) electrons. The molecule has 1 saturated carbocycles. The average Bonchev–Trinajstić information content (AvgIpc) is 3.28. The van der Waals surface area contributed by atoms with Crippen molar-refractivity contribution in [2.24, 2.45) is 11.8 Å². The van der Waals surface area contributed by atoms with E-state index in [0.717, 1.165) is 12.8 Å². The molecule has 9 heteroatoms. The number of amides is 3. The first-order valence-electron chi connectivity index (χ1n) is 8.66. The van der Waals surface area contributed by atoms with Gasteiger partial charge in [0.25, 0.3) is 0 Å². The van der Waals surface area contributed by atoms with Crippen LogP contribution in [0.25, 0.3) is 0 Å². The van der Waals surface area contributed by atoms with Crippen LogP contribution in [0.2, 0.25) is 0 Å². The van der Waals surface area contributed by atoms with Crippen LogP contribution in [0, 0.1) is 11.8 Å². The molecule has 0 aromatic carbocycles. The van der Waals surface area contributed by atoms with Crippen LogP contribution in [-0.2, 0) is 14.4 Å². The second-order valence-electron chi connectivity index (χ2n) is 7.20. The fraction of sp³-hybridized carbons (Fsp3) is 0.812. The van der Waals surface area contributed by atoms with Crippen LogP contribution in [0.5, 0.6) is 0 Å². The van der Waals surface area contributed by atoms with E-state index in [1.54, 1.807) is 0 Å². The first-order valence-corrected chi connectivity index (χ1v) is 8.66. The summed E-state index contributed by atoms with van der Waals surface area (Å²) in [5.41, 5.74) is 0. The van der Waals surface area contributed by atoms with Crippen molar-refractivity contribution in [2.75, 3.05) is 26.2 Å². The molecule has 1 aliphatic carbocycles. The third-order valence-electron chi connectivity index (χ3n) is 4.96. The molecule has 6 nitrogen and oxygen atoms in total. The second-order valence-corrected chi connectivity index (χ2v) is 7.20. The number of likely N-dealkylation sites (tertiary alicyclic amines) is 2. The van der Waals surface area contributed by atoms with Gasteiger partial charge in [0.15, 0.2) is 0 Å². The summed E-state index contributed by atoms with van der Waals surface area (Å²) in [5.74, 6) is -2.04. The molecule has 3 aliphatic rings. The first-order chi connectivity index (χ1) is 11.7. The van der Waals surface area contributed by atoms with Crippen LogP contribution in [0.15, 0.2) is 0 Å². The Morgan fingerprint density at radius 1 is 1.12 bits per heavy atom. The van der Waals surface area contributed by atoms with E-state index in [-0.39, 0.29) is 43.3 Å². The predicted molar refractivity (Wildman–Crippen MR) is 81.2 cm³/mol. The SMILES string of the molecule is O=C(NC1CC1)C1CCCN(C(=O)C2CC(=O)N(CC(F)(F)F)C2)C1. The van der Waals surface area contributed by atoms with Crippen LogP contribution < -0.4 is 5.32 Å². The van der Waals surface area contributed by atoms with Crippen LogP contribution in [0.4, 0.5) is 13.2 Å². The quantitative estimate of drug-likeness (QED) is 0.809. The normalized spacial score (nSPS) is 27.6. The Bertz CT molecular complexity index is 563. The molecule has 2 unspecified atom stereocenters. The number of carbonyl (C=O) groups is 3. The highest BCUT2D eigenvalue weighted by atomic mass is 19.4. The van der Waals surface area contributed by atoms with Crippen molar-refractivity contribution in [1.82, 2.24) is 15.1 Å². The fourth-order valence-electron chi connectivity index (χ4n) is 3.50. The van der Waals surface area contributed by atoms with Crippen molar-refractivity contribution < 1.29 is 27.6 Å². The second kappa shape index (κ2) is 6.84. The maximum Gasteiger partial charge on any atom is 0.406 e. The van der Waals surface area contributed by atoms with Gasteiger partial charge in [0.1, 0.15) is 6.54 Å². The molecule has 0 spiro atoms. The van der Waals surface area contributed by atoms with Gasteiger partial charge in [-0.2, -0.15) is 13.2 Å². The molecule has 2 atom stereocenters. The van der Waals surface area contributed by atoms with Gasteiger partial charge in [0, 0.05) is 32.1 Å². The summed E-state index contributed by atoms with van der Waals surface area (Å²) in [5, 5.41) is 2.93. The Morgan fingerprint density at radius 2 is 1.84 bits per heavy atom. The summed E-state index contributed by atoms with van der Waals surface area (Å²) in [6.07, 6.45) is -1.30. The summed E-state index contributed by atoms with van der Waals surface area (Å²) in [7, 11) is 0. The van der Waals surface area contributed by atoms with E-state index >= 15 is 0 Å². The summed E-state index contributed by atoms with van der Waals surface area (Å²) in [6.45, 7) is -0.758. The molecule has 0 bridgehead atoms. The Hall–Kier alpha value is -1.80. The van der Waals surface area contributed by atoms with Crippen molar-refractivity contribution in [3.05, 3.63) is 0 Å². The zero-order chi connectivity index (χ0) is 18.2. The number of rotatable bonds is 4. The standard InChI is InChI=1S/C16H22F3N3O3/c17-16(18,19)9-22-8-11(6-13(22)23)15(25)21-5-1-2-10(7-21)14(24)20-12-3-4-12/h10-12H,1-9H2,(H,20,24). The van der Waals surface area contributed by atoms with E-state index < -0.39 is 24.5 Å². The van der Waals surface area contributed by atoms with Crippen LogP contribution >= 0.6 is 0 Å². The van der Waals surface area contributed by atoms with Crippen LogP contribution in [0.3, 0.4) is 0 Å². The molecule has 0 aromatic heterocycles. The van der Waals surface area contributed by atoms with Gasteiger partial charge in [0.05, 0.1) is 11.8 Å². The molecule has 25 heavy (non-hydrogen) atoms. The van der Waals surface area contributed by atoms with E-state index in [1.807, 2.05) is 0 Å². The monoisotopic (exact) mass is 361 g/mol. The van der Waals surface area contributed by atoms with Crippen molar-refractivity contribution in [2.45, 2.75) is 44.3 Å². The predicted octanol–water partition coefficient (Wildman–Crippen LogP) is 0.914. The van der Waals surface area contributed by atoms with Gasteiger partial charge in [0.2, 0.25) is 17.7 Å². The minimum atomic E-state index is -4.47. The zero-order valence-corrected chi connectivity index (χ0v) is 13.8. The lowest BCUT2D eigenvalue weighted by atomic mass is 9.95. The topological polar surface area (TPSA) is 69.7 Å². The number of nitrogens with zero attached hydrogens (tertiary/aromatic N) is 2. The molecule has 0 aromatic rings. The van der Waals surface area contributed by atoms with Crippen molar-refractivity contribution in [3.63, 3.8) is 0 Å². The van der Waals surface area contributed by atoms with E-state index in [2.05, 4.69) is 5.32 Å². The van der Waals surface area contributed by atoms with Gasteiger partial charge in [-0.25, -0.2) is 0 Å². The highest BCUT2D eigenvalue weighted by Gasteiger charge is 2.42. The third-order valence-corrected chi connectivity index (χ3v) is 4.96. The van der Waals surface area contributed by atoms with E-state index in [9.17, 15) is 27.6 Å². The van der Waals surface area contributed by atoms with Crippen LogP contribution in [-0.4, -0.2) is 65.9 Å². The fourth-order valence-corrected chi connectivity index (χ4v) is 3.50. The molecule has 2 saturated heterocycles. The number of halogens is 3. The molecule has 3 fully saturated rings. The third kappa shape index (κ3) is 4.64. The molecule has 140 valence electrons. The minimum Gasteiger partial charge on any atom is -0.353 e. The Kier molecular flexibility index (Phi) is 4.92. The van der Waals surface area contributed by atoms with E-state index in [0.29, 0.717) is 24.3 Å². The maximum atomic E-state index is 12.6. The number of hydrogen-bond acceptors (Lipinski definition) is 3. The Morgan fingerprint density at radius 3 is 2.48 bits per heavy atom. The largest absolute Gasteiger partial charge is 0.406 e. The number of nitrogens with one attached hydrogen (secondary N) is 1. The van der Waals surface area contributed by atoms with E-state index in [1.165, 1.54) is 4.90 Å². The molecular formula is C16H22F3N3O3. The maximum absolute atomic E-state index is 12.6. The van der Waals surface area contributed by atoms with Gasteiger partial charge in [-0.1, -0.05) is 0 Å². The molecular weight excluding hydrogens is 339 g/mol. The summed E-state index contributed by atoms with van der Waals surface area (Å²) >= 11 is 0. The minimum absolute atomic E-state index is 0.0544. The summed E-state index contributed by atoms with van der Waals surface area (Å²) in [4.78, 5) is 38.7. The molecule has 3 amide bonds. The van der Waals surface area contributed by atoms with Crippen LogP contribution in [0.1, 0.15) is 32.1 Å². The van der Waals surface area contributed by atoms with Gasteiger partial charge in [-0.05, 0) is 25.7 Å². The molecule has 1 N–H and O–H groups in total. The number of hydrogen-bond donors (Lipinski definition) is 1. The molecule has 2 aliphatic heterocycles. The van der Waals surface area contributed by atoms with Crippen molar-refractivity contribution in [1.29, 1.82) is 0 Å². The van der Waals surface area contributed by atoms with Gasteiger partial charge in [-0.15, -0.1) is 0 Å². The smallest absolute Gasteiger partial charge is 0.353 e. The van der Waals surface area contributed by atoms with E-state index in [4.69, 9.17) is 0 Å². The summed E-state index contributed by atoms with van der Waals surface area (Å²) < 4.78 is 37.4. The van der Waals surface area contributed by atoms with Crippen molar-refractivity contribution in [3.8, 4) is 0 Å². The Labute approximate surface area is 143 Å². The summed E-state index contributed by atoms with van der Waals surface area (Å²) in [6, 6.07) is 0.252. The highest BCUT2D eigenvalue weighted by molar-refractivity contribution is 5.90. The van der Waals surface area contributed by atoms with Gasteiger partial charge in [-0.3, -0.25) is 14.4 Å². The average molecular weight is 361 g/mol. The lowest BCUT2D eigenvalue weighted by molar-refractivity contribution is -0.157. The lowest BCUT2D eigenvalue weighted by Gasteiger charge is -2.33. The lowest BCUT2D eigenvalue weighted by Crippen LogP contribution is -2.48.